The Morgan fingerprint density at radius 3 is 2.36 bits per heavy atom. The molecule has 28 heavy (non-hydrogen) atoms. The van der Waals surface area contributed by atoms with Gasteiger partial charge in [-0.1, -0.05) is 65.7 Å². The van der Waals surface area contributed by atoms with Crippen LogP contribution in [0.5, 0.6) is 11.5 Å². The Morgan fingerprint density at radius 1 is 0.929 bits per heavy atom. The summed E-state index contributed by atoms with van der Waals surface area (Å²) in [4.78, 5) is 12.7. The largest absolute Gasteiger partial charge is 0.488 e. The molecule has 3 aromatic carbocycles. The number of rotatable bonds is 7. The van der Waals surface area contributed by atoms with Crippen LogP contribution >= 0.6 is 23.2 Å². The highest BCUT2D eigenvalue weighted by molar-refractivity contribution is 6.34. The number of carbonyl (C=O) groups is 1. The molecule has 0 aliphatic rings. The van der Waals surface area contributed by atoms with Gasteiger partial charge in [-0.15, -0.1) is 0 Å². The van der Waals surface area contributed by atoms with E-state index in [1.807, 2.05) is 37.3 Å². The van der Waals surface area contributed by atoms with Gasteiger partial charge in [-0.2, -0.15) is 0 Å². The molecule has 3 aromatic rings. The fourth-order valence-electron chi connectivity index (χ4n) is 2.58. The van der Waals surface area contributed by atoms with Gasteiger partial charge in [0.2, 0.25) is 0 Å². The number of carbonyl (C=O) groups excluding carboxylic acids is 1. The van der Waals surface area contributed by atoms with Crippen molar-refractivity contribution >= 4 is 34.8 Å². The standard InChI is InChI=1S/C22H19Cl2NO3/c1-2-27-21-18(24)12-16(22(26)25-19-11-7-6-10-17(19)23)13-20(21)28-14-15-8-4-3-5-9-15/h3-13H,2,14H2,1H3,(H,25,26). The first-order chi connectivity index (χ1) is 13.6. The molecule has 6 heteroatoms. The van der Waals surface area contributed by atoms with Crippen LogP contribution in [0.1, 0.15) is 22.8 Å². The van der Waals surface area contributed by atoms with Gasteiger partial charge in [0.15, 0.2) is 11.5 Å². The highest BCUT2D eigenvalue weighted by atomic mass is 35.5. The molecular weight excluding hydrogens is 397 g/mol. The molecule has 0 aliphatic carbocycles. The number of para-hydroxylation sites is 1. The van der Waals surface area contributed by atoms with Crippen LogP contribution in [0.25, 0.3) is 0 Å². The summed E-state index contributed by atoms with van der Waals surface area (Å²) in [6, 6.07) is 19.9. The summed E-state index contributed by atoms with van der Waals surface area (Å²) in [5, 5.41) is 3.54. The van der Waals surface area contributed by atoms with E-state index in [1.165, 1.54) is 0 Å². The second-order valence-corrected chi connectivity index (χ2v) is 6.74. The Hall–Kier alpha value is -2.69. The Balaban J connectivity index is 1.86. The molecule has 3 rings (SSSR count). The minimum atomic E-state index is -0.345. The summed E-state index contributed by atoms with van der Waals surface area (Å²) < 4.78 is 11.5. The molecule has 1 amide bonds. The zero-order chi connectivity index (χ0) is 19.9. The topological polar surface area (TPSA) is 47.6 Å². The Morgan fingerprint density at radius 2 is 1.64 bits per heavy atom. The van der Waals surface area contributed by atoms with E-state index in [9.17, 15) is 4.79 Å². The number of nitrogens with one attached hydrogen (secondary N) is 1. The van der Waals surface area contributed by atoms with Crippen molar-refractivity contribution in [2.75, 3.05) is 11.9 Å². The third kappa shape index (κ3) is 4.97. The molecule has 0 fully saturated rings. The lowest BCUT2D eigenvalue weighted by Crippen LogP contribution is -2.13. The summed E-state index contributed by atoms with van der Waals surface area (Å²) in [7, 11) is 0. The molecule has 0 unspecified atom stereocenters. The highest BCUT2D eigenvalue weighted by Crippen LogP contribution is 2.37. The number of amides is 1. The minimum absolute atomic E-state index is 0.303. The highest BCUT2D eigenvalue weighted by Gasteiger charge is 2.17. The Kier molecular flexibility index (Phi) is 6.80. The van der Waals surface area contributed by atoms with E-state index in [0.717, 1.165) is 5.56 Å². The maximum absolute atomic E-state index is 12.7. The molecule has 0 spiro atoms. The van der Waals surface area contributed by atoms with Crippen molar-refractivity contribution in [1.82, 2.24) is 0 Å². The van der Waals surface area contributed by atoms with E-state index in [4.69, 9.17) is 32.7 Å². The molecule has 0 heterocycles. The summed E-state index contributed by atoms with van der Waals surface area (Å²) in [6.07, 6.45) is 0. The predicted octanol–water partition coefficient (Wildman–Crippen LogP) is 6.22. The van der Waals surface area contributed by atoms with E-state index in [0.29, 0.717) is 46.0 Å². The number of halogens is 2. The van der Waals surface area contributed by atoms with E-state index in [2.05, 4.69) is 5.32 Å². The van der Waals surface area contributed by atoms with Crippen molar-refractivity contribution in [3.05, 3.63) is 87.9 Å². The third-order valence-electron chi connectivity index (χ3n) is 3.92. The predicted molar refractivity (Wildman–Crippen MR) is 113 cm³/mol. The normalized spacial score (nSPS) is 10.4. The molecule has 0 saturated carbocycles. The maximum Gasteiger partial charge on any atom is 0.255 e. The first kappa shape index (κ1) is 20.1. The Labute approximate surface area is 174 Å². The molecule has 0 atom stereocenters. The molecule has 4 nitrogen and oxygen atoms in total. The molecule has 1 N–H and O–H groups in total. The van der Waals surface area contributed by atoms with Crippen molar-refractivity contribution in [2.24, 2.45) is 0 Å². The van der Waals surface area contributed by atoms with Crippen molar-refractivity contribution in [3.8, 4) is 11.5 Å². The number of anilines is 1. The lowest BCUT2D eigenvalue weighted by Gasteiger charge is -2.15. The Bertz CT molecular complexity index is 961. The summed E-state index contributed by atoms with van der Waals surface area (Å²) in [6.45, 7) is 2.61. The smallest absolute Gasteiger partial charge is 0.255 e. The second-order valence-electron chi connectivity index (χ2n) is 5.93. The number of hydrogen-bond donors (Lipinski definition) is 1. The number of ether oxygens (including phenoxy) is 2. The van der Waals surface area contributed by atoms with Crippen LogP contribution < -0.4 is 14.8 Å². The summed E-state index contributed by atoms with van der Waals surface area (Å²) in [5.41, 5.74) is 1.86. The van der Waals surface area contributed by atoms with E-state index >= 15 is 0 Å². The van der Waals surface area contributed by atoms with Crippen molar-refractivity contribution in [1.29, 1.82) is 0 Å². The number of hydrogen-bond acceptors (Lipinski definition) is 3. The van der Waals surface area contributed by atoms with Crippen LogP contribution in [-0.2, 0) is 6.61 Å². The fraction of sp³-hybridized carbons (Fsp3) is 0.136. The van der Waals surface area contributed by atoms with Crippen LogP contribution in [0.2, 0.25) is 10.0 Å². The average Bonchev–Trinajstić information content (AvgIpc) is 2.70. The lowest BCUT2D eigenvalue weighted by molar-refractivity contribution is 0.102. The zero-order valence-corrected chi connectivity index (χ0v) is 16.8. The quantitative estimate of drug-likeness (QED) is 0.497. The average molecular weight is 416 g/mol. The van der Waals surface area contributed by atoms with Gasteiger partial charge in [0.1, 0.15) is 6.61 Å². The third-order valence-corrected chi connectivity index (χ3v) is 4.53. The van der Waals surface area contributed by atoms with Gasteiger partial charge in [0.25, 0.3) is 5.91 Å². The van der Waals surface area contributed by atoms with Crippen molar-refractivity contribution in [3.63, 3.8) is 0 Å². The summed E-state index contributed by atoms with van der Waals surface area (Å²) in [5.74, 6) is 0.472. The van der Waals surface area contributed by atoms with Crippen LogP contribution in [0.3, 0.4) is 0 Å². The van der Waals surface area contributed by atoms with E-state index < -0.39 is 0 Å². The molecule has 144 valence electrons. The van der Waals surface area contributed by atoms with Crippen LogP contribution in [-0.4, -0.2) is 12.5 Å². The van der Waals surface area contributed by atoms with Gasteiger partial charge < -0.3 is 14.8 Å². The molecule has 0 bridgehead atoms. The van der Waals surface area contributed by atoms with Crippen LogP contribution in [0.15, 0.2) is 66.7 Å². The maximum atomic E-state index is 12.7. The van der Waals surface area contributed by atoms with E-state index in [-0.39, 0.29) is 5.91 Å². The van der Waals surface area contributed by atoms with Gasteiger partial charge in [-0.05, 0) is 36.8 Å². The van der Waals surface area contributed by atoms with Crippen molar-refractivity contribution < 1.29 is 14.3 Å². The molecular formula is C22H19Cl2NO3. The first-order valence-corrected chi connectivity index (χ1v) is 9.53. The summed E-state index contributed by atoms with van der Waals surface area (Å²) >= 11 is 12.5. The fourth-order valence-corrected chi connectivity index (χ4v) is 3.03. The van der Waals surface area contributed by atoms with Crippen molar-refractivity contribution in [2.45, 2.75) is 13.5 Å². The molecule has 0 radical (unpaired) electrons. The SMILES string of the molecule is CCOc1c(Cl)cc(C(=O)Nc2ccccc2Cl)cc1OCc1ccccc1. The molecule has 0 aromatic heterocycles. The zero-order valence-electron chi connectivity index (χ0n) is 15.2. The van der Waals surface area contributed by atoms with Gasteiger partial charge in [-0.25, -0.2) is 0 Å². The van der Waals surface area contributed by atoms with Gasteiger partial charge in [-0.3, -0.25) is 4.79 Å². The monoisotopic (exact) mass is 415 g/mol. The second kappa shape index (κ2) is 9.49. The first-order valence-electron chi connectivity index (χ1n) is 8.77. The van der Waals surface area contributed by atoms with Crippen LogP contribution in [0, 0.1) is 0 Å². The van der Waals surface area contributed by atoms with E-state index in [1.54, 1.807) is 36.4 Å². The van der Waals surface area contributed by atoms with Gasteiger partial charge in [0.05, 0.1) is 22.3 Å². The van der Waals surface area contributed by atoms with Gasteiger partial charge in [0, 0.05) is 5.56 Å². The molecule has 0 aliphatic heterocycles. The van der Waals surface area contributed by atoms with Crippen LogP contribution in [0.4, 0.5) is 5.69 Å². The lowest BCUT2D eigenvalue weighted by atomic mass is 10.1. The molecule has 0 saturated heterocycles. The van der Waals surface area contributed by atoms with Gasteiger partial charge >= 0.3 is 0 Å². The minimum Gasteiger partial charge on any atom is -0.488 e. The number of benzene rings is 3.